The van der Waals surface area contributed by atoms with Gasteiger partial charge in [-0.25, -0.2) is 0 Å². The maximum absolute atomic E-state index is 5.80. The molecule has 1 aromatic heterocycles. The first-order chi connectivity index (χ1) is 4.88. The maximum atomic E-state index is 5.80. The number of hydrogen-bond donors (Lipinski definition) is 0. The molecule has 2 nitrogen and oxygen atoms in total. The van der Waals surface area contributed by atoms with E-state index in [1.165, 1.54) is 0 Å². The number of nitrogens with zero attached hydrogens (tertiary/aromatic N) is 1. The second-order valence-corrected chi connectivity index (χ2v) is 2.57. The molecule has 0 spiro atoms. The van der Waals surface area contributed by atoms with Gasteiger partial charge in [-0.2, -0.15) is 0 Å². The van der Waals surface area contributed by atoms with Crippen molar-refractivity contribution in [1.29, 1.82) is 0 Å². The molecule has 0 bridgehead atoms. The summed E-state index contributed by atoms with van der Waals surface area (Å²) in [6, 6.07) is 1.74. The van der Waals surface area contributed by atoms with Crippen LogP contribution in [0.25, 0.3) is 0 Å². The third kappa shape index (κ3) is 0.762. The van der Waals surface area contributed by atoms with Gasteiger partial charge in [0.15, 0.2) is 5.75 Å². The third-order valence-corrected chi connectivity index (χ3v) is 1.81. The van der Waals surface area contributed by atoms with E-state index in [4.69, 9.17) is 16.3 Å². The summed E-state index contributed by atoms with van der Waals surface area (Å²) in [7, 11) is 0. The van der Waals surface area contributed by atoms with Crippen LogP contribution in [0.15, 0.2) is 12.3 Å². The smallest absolute Gasteiger partial charge is 0.159 e. The van der Waals surface area contributed by atoms with E-state index in [0.29, 0.717) is 11.6 Å². The van der Waals surface area contributed by atoms with E-state index in [2.05, 4.69) is 4.98 Å². The summed E-state index contributed by atoms with van der Waals surface area (Å²) in [6.45, 7) is 0.714. The summed E-state index contributed by atoms with van der Waals surface area (Å²) in [5, 5.41) is 0.669. The van der Waals surface area contributed by atoms with Crippen molar-refractivity contribution in [1.82, 2.24) is 4.98 Å². The molecule has 1 aliphatic heterocycles. The second-order valence-electron chi connectivity index (χ2n) is 2.17. The molecule has 10 heavy (non-hydrogen) atoms. The van der Waals surface area contributed by atoms with Crippen molar-refractivity contribution >= 4 is 11.6 Å². The SMILES string of the molecule is Clc1ccnc2c1OCC2. The minimum atomic E-state index is 0.669. The van der Waals surface area contributed by atoms with Crippen LogP contribution in [0.5, 0.6) is 5.75 Å². The summed E-state index contributed by atoms with van der Waals surface area (Å²) in [5.41, 5.74) is 0.979. The fourth-order valence-electron chi connectivity index (χ4n) is 1.04. The zero-order chi connectivity index (χ0) is 6.97. The molecule has 0 fully saturated rings. The van der Waals surface area contributed by atoms with Gasteiger partial charge in [-0.1, -0.05) is 11.6 Å². The van der Waals surface area contributed by atoms with Gasteiger partial charge in [0.1, 0.15) is 0 Å². The molecule has 0 saturated carbocycles. The van der Waals surface area contributed by atoms with E-state index in [0.717, 1.165) is 17.9 Å². The van der Waals surface area contributed by atoms with Crippen molar-refractivity contribution in [2.45, 2.75) is 6.42 Å². The lowest BCUT2D eigenvalue weighted by Crippen LogP contribution is -1.86. The molecule has 1 aromatic rings. The van der Waals surface area contributed by atoms with Gasteiger partial charge in [0.25, 0.3) is 0 Å². The molecule has 1 aliphatic rings. The molecule has 0 aliphatic carbocycles. The summed E-state index contributed by atoms with van der Waals surface area (Å²) in [4.78, 5) is 4.11. The largest absolute Gasteiger partial charge is 0.490 e. The predicted octanol–water partition coefficient (Wildman–Crippen LogP) is 1.67. The Kier molecular flexibility index (Phi) is 1.27. The number of rotatable bonds is 0. The van der Waals surface area contributed by atoms with Gasteiger partial charge < -0.3 is 4.74 Å². The number of aromatic nitrogens is 1. The van der Waals surface area contributed by atoms with Gasteiger partial charge in [-0.3, -0.25) is 4.98 Å². The summed E-state index contributed by atoms with van der Waals surface area (Å²) in [6.07, 6.45) is 2.59. The molecule has 2 heterocycles. The van der Waals surface area contributed by atoms with Crippen LogP contribution in [0.2, 0.25) is 5.02 Å². The second kappa shape index (κ2) is 2.13. The Balaban J connectivity index is 2.59. The highest BCUT2D eigenvalue weighted by Gasteiger charge is 2.15. The maximum Gasteiger partial charge on any atom is 0.159 e. The first-order valence-corrected chi connectivity index (χ1v) is 3.52. The number of pyridine rings is 1. The van der Waals surface area contributed by atoms with Gasteiger partial charge in [-0.05, 0) is 6.07 Å². The highest BCUT2D eigenvalue weighted by atomic mass is 35.5. The lowest BCUT2D eigenvalue weighted by Gasteiger charge is -1.97. The van der Waals surface area contributed by atoms with Crippen LogP contribution in [0, 0.1) is 0 Å². The van der Waals surface area contributed by atoms with E-state index in [-0.39, 0.29) is 0 Å². The Morgan fingerprint density at radius 2 is 2.50 bits per heavy atom. The molecule has 52 valence electrons. The highest BCUT2D eigenvalue weighted by molar-refractivity contribution is 6.32. The van der Waals surface area contributed by atoms with Crippen molar-refractivity contribution in [3.8, 4) is 5.75 Å². The van der Waals surface area contributed by atoms with E-state index >= 15 is 0 Å². The molecule has 0 saturated heterocycles. The normalized spacial score (nSPS) is 14.5. The molecule has 0 unspecified atom stereocenters. The van der Waals surface area contributed by atoms with E-state index in [1.807, 2.05) is 0 Å². The van der Waals surface area contributed by atoms with Crippen molar-refractivity contribution in [2.75, 3.05) is 6.61 Å². The number of fused-ring (bicyclic) bond motifs is 1. The average molecular weight is 156 g/mol. The van der Waals surface area contributed by atoms with Crippen LogP contribution in [0.3, 0.4) is 0 Å². The zero-order valence-corrected chi connectivity index (χ0v) is 6.06. The van der Waals surface area contributed by atoms with Crippen LogP contribution >= 0.6 is 11.6 Å². The molecular weight excluding hydrogens is 150 g/mol. The van der Waals surface area contributed by atoms with Crippen molar-refractivity contribution in [3.05, 3.63) is 23.0 Å². The molecule has 0 N–H and O–H groups in total. The summed E-state index contributed by atoms with van der Waals surface area (Å²) < 4.78 is 5.23. The Bertz CT molecular complexity index is 262. The molecule has 0 aromatic carbocycles. The molecule has 0 radical (unpaired) electrons. The summed E-state index contributed by atoms with van der Waals surface area (Å²) >= 11 is 5.80. The van der Waals surface area contributed by atoms with Gasteiger partial charge in [0.2, 0.25) is 0 Å². The van der Waals surface area contributed by atoms with Gasteiger partial charge in [-0.15, -0.1) is 0 Å². The van der Waals surface area contributed by atoms with E-state index in [9.17, 15) is 0 Å². The monoisotopic (exact) mass is 155 g/mol. The molecule has 0 atom stereocenters. The Morgan fingerprint density at radius 1 is 1.60 bits per heavy atom. The highest BCUT2D eigenvalue weighted by Crippen LogP contribution is 2.30. The van der Waals surface area contributed by atoms with Gasteiger partial charge >= 0.3 is 0 Å². The molecule has 3 heteroatoms. The van der Waals surface area contributed by atoms with Crippen molar-refractivity contribution in [2.24, 2.45) is 0 Å². The van der Waals surface area contributed by atoms with Crippen LogP contribution in [0.4, 0.5) is 0 Å². The fourth-order valence-corrected chi connectivity index (χ4v) is 1.26. The van der Waals surface area contributed by atoms with E-state index < -0.39 is 0 Å². The first-order valence-electron chi connectivity index (χ1n) is 3.14. The van der Waals surface area contributed by atoms with Crippen molar-refractivity contribution < 1.29 is 4.74 Å². The quantitative estimate of drug-likeness (QED) is 0.569. The number of halogens is 1. The van der Waals surface area contributed by atoms with Gasteiger partial charge in [0.05, 0.1) is 17.3 Å². The first kappa shape index (κ1) is 5.98. The van der Waals surface area contributed by atoms with Crippen LogP contribution in [0.1, 0.15) is 5.69 Å². The lowest BCUT2D eigenvalue weighted by molar-refractivity contribution is 0.357. The van der Waals surface area contributed by atoms with Crippen molar-refractivity contribution in [3.63, 3.8) is 0 Å². The van der Waals surface area contributed by atoms with Gasteiger partial charge in [0, 0.05) is 12.6 Å². The van der Waals surface area contributed by atoms with Crippen LogP contribution < -0.4 is 4.74 Å². The standard InChI is InChI=1S/C7H6ClNO/c8-5-1-3-9-6-2-4-10-7(5)6/h1,3H,2,4H2. The number of ether oxygens (including phenoxy) is 1. The Labute approximate surface area is 63.8 Å². The molecule has 0 amide bonds. The average Bonchev–Trinajstić information content (AvgIpc) is 2.36. The molecular formula is C7H6ClNO. The fraction of sp³-hybridized carbons (Fsp3) is 0.286. The van der Waals surface area contributed by atoms with Crippen LogP contribution in [-0.4, -0.2) is 11.6 Å². The molecule has 2 rings (SSSR count). The predicted molar refractivity (Wildman–Crippen MR) is 38.4 cm³/mol. The zero-order valence-electron chi connectivity index (χ0n) is 5.30. The Morgan fingerprint density at radius 3 is 3.30 bits per heavy atom. The Hall–Kier alpha value is -0.760. The minimum absolute atomic E-state index is 0.669. The number of hydrogen-bond acceptors (Lipinski definition) is 2. The summed E-state index contributed by atoms with van der Waals surface area (Å²) in [5.74, 6) is 0.768. The minimum Gasteiger partial charge on any atom is -0.490 e. The topological polar surface area (TPSA) is 22.1 Å². The van der Waals surface area contributed by atoms with E-state index in [1.54, 1.807) is 12.3 Å². The lowest BCUT2D eigenvalue weighted by atomic mass is 10.3. The van der Waals surface area contributed by atoms with Crippen LogP contribution in [-0.2, 0) is 6.42 Å². The third-order valence-electron chi connectivity index (χ3n) is 1.52.